The van der Waals surface area contributed by atoms with Gasteiger partial charge in [0, 0.05) is 6.07 Å². The monoisotopic (exact) mass is 208 g/mol. The van der Waals surface area contributed by atoms with E-state index in [4.69, 9.17) is 13.9 Å². The Bertz CT molecular complexity index is 602. The maximum absolute atomic E-state index is 11.4. The Kier molecular flexibility index (Phi) is 1.89. The zero-order chi connectivity index (χ0) is 11.2. The molecule has 0 bridgehead atoms. The fraction of sp³-hybridized carbons (Fsp3) is 0.200. The number of carboxylic acid groups (broad SMARTS) is 1. The van der Waals surface area contributed by atoms with Crippen molar-refractivity contribution in [3.8, 4) is 0 Å². The number of carboxylic acids is 1. The van der Waals surface area contributed by atoms with Gasteiger partial charge >= 0.3 is 11.6 Å². The van der Waals surface area contributed by atoms with Crippen molar-refractivity contribution in [1.29, 1.82) is 0 Å². The second-order valence-electron chi connectivity index (χ2n) is 3.22. The van der Waals surface area contributed by atoms with E-state index in [0.717, 1.165) is 0 Å². The number of fused-ring (bicyclic) bond motifs is 1. The Balaban J connectivity index is 3.00. The molecule has 0 fully saturated rings. The second-order valence-corrected chi connectivity index (χ2v) is 3.22. The maximum Gasteiger partial charge on any atom is 0.348 e. The van der Waals surface area contributed by atoms with Gasteiger partial charge in [0.15, 0.2) is 0 Å². The van der Waals surface area contributed by atoms with Crippen LogP contribution in [0.1, 0.15) is 21.9 Å². The molecule has 0 aliphatic rings. The van der Waals surface area contributed by atoms with E-state index in [-0.39, 0.29) is 22.3 Å². The van der Waals surface area contributed by atoms with E-state index >= 15 is 0 Å². The highest BCUT2D eigenvalue weighted by Crippen LogP contribution is 2.23. The first-order chi connectivity index (χ1) is 7.00. The lowest BCUT2D eigenvalue weighted by Crippen LogP contribution is -2.05. The zero-order valence-corrected chi connectivity index (χ0v) is 8.16. The van der Waals surface area contributed by atoms with Crippen molar-refractivity contribution in [1.82, 2.24) is 0 Å². The van der Waals surface area contributed by atoms with Crippen molar-refractivity contribution in [2.45, 2.75) is 13.8 Å². The Morgan fingerprint density at radius 2 is 2.00 bits per heavy atom. The van der Waals surface area contributed by atoms with Gasteiger partial charge in [-0.15, -0.1) is 0 Å². The standard InChI is InChI=1S/C10H8O5/c1-4-3-6-8(10(13)14-4)7(9(11)12)5(2)15-6/h3H,1-2H3,(H,11,12). The molecule has 0 aliphatic carbocycles. The fourth-order valence-corrected chi connectivity index (χ4v) is 1.54. The summed E-state index contributed by atoms with van der Waals surface area (Å²) in [5.41, 5.74) is -0.559. The van der Waals surface area contributed by atoms with Gasteiger partial charge in [-0.05, 0) is 13.8 Å². The van der Waals surface area contributed by atoms with Crippen LogP contribution in [-0.4, -0.2) is 11.1 Å². The molecule has 0 atom stereocenters. The summed E-state index contributed by atoms with van der Waals surface area (Å²) in [5.74, 6) is -0.601. The summed E-state index contributed by atoms with van der Waals surface area (Å²) in [4.78, 5) is 22.3. The lowest BCUT2D eigenvalue weighted by atomic mass is 10.2. The molecule has 2 heterocycles. The average Bonchev–Trinajstić information content (AvgIpc) is 2.40. The minimum absolute atomic E-state index is 0.00870. The molecule has 78 valence electrons. The number of rotatable bonds is 1. The van der Waals surface area contributed by atoms with Gasteiger partial charge in [-0.1, -0.05) is 0 Å². The first-order valence-corrected chi connectivity index (χ1v) is 4.28. The zero-order valence-electron chi connectivity index (χ0n) is 8.16. The number of aryl methyl sites for hydroxylation is 2. The number of aromatic carboxylic acids is 1. The summed E-state index contributed by atoms with van der Waals surface area (Å²) in [7, 11) is 0. The second kappa shape index (κ2) is 2.98. The summed E-state index contributed by atoms with van der Waals surface area (Å²) in [6, 6.07) is 1.50. The molecule has 5 nitrogen and oxygen atoms in total. The van der Waals surface area contributed by atoms with Crippen LogP contribution in [0.4, 0.5) is 0 Å². The average molecular weight is 208 g/mol. The summed E-state index contributed by atoms with van der Waals surface area (Å²) < 4.78 is 10.00. The van der Waals surface area contributed by atoms with E-state index in [1.165, 1.54) is 13.0 Å². The molecule has 0 aliphatic heterocycles. The smallest absolute Gasteiger partial charge is 0.348 e. The first kappa shape index (κ1) is 9.51. The highest BCUT2D eigenvalue weighted by molar-refractivity contribution is 6.03. The minimum atomic E-state index is -1.19. The van der Waals surface area contributed by atoms with E-state index in [1.807, 2.05) is 0 Å². The van der Waals surface area contributed by atoms with Crippen molar-refractivity contribution in [2.75, 3.05) is 0 Å². The highest BCUT2D eigenvalue weighted by atomic mass is 16.4. The third kappa shape index (κ3) is 1.32. The van der Waals surface area contributed by atoms with Crippen molar-refractivity contribution >= 4 is 16.9 Å². The van der Waals surface area contributed by atoms with E-state index < -0.39 is 11.6 Å². The third-order valence-electron chi connectivity index (χ3n) is 2.12. The van der Waals surface area contributed by atoms with Crippen LogP contribution < -0.4 is 5.63 Å². The predicted octanol–water partition coefficient (Wildman–Crippen LogP) is 1.70. The lowest BCUT2D eigenvalue weighted by molar-refractivity contribution is 0.0696. The van der Waals surface area contributed by atoms with Crippen LogP contribution in [0.2, 0.25) is 0 Å². The molecule has 0 amide bonds. The number of furan rings is 1. The highest BCUT2D eigenvalue weighted by Gasteiger charge is 2.21. The van der Waals surface area contributed by atoms with Crippen molar-refractivity contribution in [3.63, 3.8) is 0 Å². The summed E-state index contributed by atoms with van der Waals surface area (Å²) in [5, 5.41) is 8.90. The molecule has 0 radical (unpaired) electrons. The number of carbonyl (C=O) groups is 1. The molecule has 2 rings (SSSR count). The molecule has 0 aromatic carbocycles. The van der Waals surface area contributed by atoms with Crippen LogP contribution >= 0.6 is 0 Å². The van der Waals surface area contributed by atoms with Gasteiger partial charge in [0.2, 0.25) is 0 Å². The van der Waals surface area contributed by atoms with Gasteiger partial charge in [-0.3, -0.25) is 0 Å². The van der Waals surface area contributed by atoms with Crippen molar-refractivity contribution in [2.24, 2.45) is 0 Å². The Morgan fingerprint density at radius 1 is 1.33 bits per heavy atom. The third-order valence-corrected chi connectivity index (χ3v) is 2.12. The van der Waals surface area contributed by atoms with Gasteiger partial charge in [0.05, 0.1) is 0 Å². The Morgan fingerprint density at radius 3 is 2.60 bits per heavy atom. The van der Waals surface area contributed by atoms with Crippen molar-refractivity contribution < 1.29 is 18.7 Å². The molecule has 0 saturated heterocycles. The van der Waals surface area contributed by atoms with Crippen LogP contribution in [0.25, 0.3) is 11.0 Å². The van der Waals surface area contributed by atoms with Crippen LogP contribution in [0, 0.1) is 13.8 Å². The molecule has 15 heavy (non-hydrogen) atoms. The first-order valence-electron chi connectivity index (χ1n) is 4.28. The molecule has 0 unspecified atom stereocenters. The summed E-state index contributed by atoms with van der Waals surface area (Å²) >= 11 is 0. The largest absolute Gasteiger partial charge is 0.478 e. The van der Waals surface area contributed by atoms with Gasteiger partial charge in [0.1, 0.15) is 28.1 Å². The fourth-order valence-electron chi connectivity index (χ4n) is 1.54. The van der Waals surface area contributed by atoms with Gasteiger partial charge in [0.25, 0.3) is 0 Å². The van der Waals surface area contributed by atoms with E-state index in [0.29, 0.717) is 5.76 Å². The number of hydrogen-bond donors (Lipinski definition) is 1. The lowest BCUT2D eigenvalue weighted by Gasteiger charge is -1.91. The molecule has 0 spiro atoms. The summed E-state index contributed by atoms with van der Waals surface area (Å²) in [6.07, 6.45) is 0. The van der Waals surface area contributed by atoms with E-state index in [2.05, 4.69) is 0 Å². The maximum atomic E-state index is 11.4. The quantitative estimate of drug-likeness (QED) is 0.771. The summed E-state index contributed by atoms with van der Waals surface area (Å²) in [6.45, 7) is 3.09. The van der Waals surface area contributed by atoms with Crippen molar-refractivity contribution in [3.05, 3.63) is 33.6 Å². The number of hydrogen-bond acceptors (Lipinski definition) is 4. The van der Waals surface area contributed by atoms with Crippen LogP contribution in [0.15, 0.2) is 19.7 Å². The molecular weight excluding hydrogens is 200 g/mol. The molecule has 2 aromatic rings. The van der Waals surface area contributed by atoms with Crippen LogP contribution in [0.5, 0.6) is 0 Å². The molecule has 1 N–H and O–H groups in total. The topological polar surface area (TPSA) is 80.6 Å². The Labute approximate surface area is 83.9 Å². The molecule has 2 aromatic heterocycles. The van der Waals surface area contributed by atoms with E-state index in [9.17, 15) is 9.59 Å². The van der Waals surface area contributed by atoms with E-state index in [1.54, 1.807) is 6.92 Å². The van der Waals surface area contributed by atoms with Gasteiger partial charge < -0.3 is 13.9 Å². The van der Waals surface area contributed by atoms with Gasteiger partial charge in [-0.25, -0.2) is 9.59 Å². The predicted molar refractivity (Wildman–Crippen MR) is 51.2 cm³/mol. The van der Waals surface area contributed by atoms with Crippen LogP contribution in [-0.2, 0) is 0 Å². The minimum Gasteiger partial charge on any atom is -0.478 e. The molecule has 5 heteroatoms. The Hall–Kier alpha value is -2.04. The molecule has 0 saturated carbocycles. The SMILES string of the molecule is Cc1cc2oc(C)c(C(=O)O)c2c(=O)o1. The molecular formula is C10H8O5. The van der Waals surface area contributed by atoms with Gasteiger partial charge in [-0.2, -0.15) is 0 Å². The normalized spacial score (nSPS) is 10.8. The van der Waals surface area contributed by atoms with Crippen LogP contribution in [0.3, 0.4) is 0 Å².